The summed E-state index contributed by atoms with van der Waals surface area (Å²) in [5.41, 5.74) is 16.3. The van der Waals surface area contributed by atoms with Gasteiger partial charge in [-0.25, -0.2) is 15.0 Å². The Hall–Kier alpha value is -8.14. The van der Waals surface area contributed by atoms with Crippen molar-refractivity contribution in [3.05, 3.63) is 198 Å². The van der Waals surface area contributed by atoms with E-state index in [0.29, 0.717) is 23.0 Å². The molecule has 0 bridgehead atoms. The van der Waals surface area contributed by atoms with Gasteiger partial charge < -0.3 is 9.13 Å². The Bertz CT molecular complexity index is 3450. The van der Waals surface area contributed by atoms with Gasteiger partial charge in [-0.1, -0.05) is 125 Å². The number of nitriles is 1. The average Bonchev–Trinajstić information content (AvgIpc) is 3.79. The molecular formula is C56H40N6. The maximum atomic E-state index is 10.4. The van der Waals surface area contributed by atoms with Gasteiger partial charge in [-0.2, -0.15) is 5.26 Å². The molecular weight excluding hydrogens is 757 g/mol. The van der Waals surface area contributed by atoms with E-state index in [1.807, 2.05) is 72.8 Å². The van der Waals surface area contributed by atoms with Crippen molar-refractivity contribution in [3.63, 3.8) is 0 Å². The van der Waals surface area contributed by atoms with Gasteiger partial charge in [0.25, 0.3) is 0 Å². The quantitative estimate of drug-likeness (QED) is 0.168. The minimum atomic E-state index is 0.575. The first-order valence-electron chi connectivity index (χ1n) is 20.9. The summed E-state index contributed by atoms with van der Waals surface area (Å²) in [5, 5.41) is 15.1. The molecule has 6 nitrogen and oxygen atoms in total. The zero-order valence-electron chi connectivity index (χ0n) is 34.8. The third-order valence-electron chi connectivity index (χ3n) is 12.0. The summed E-state index contributed by atoms with van der Waals surface area (Å²) in [5.74, 6) is 1.79. The van der Waals surface area contributed by atoms with Crippen molar-refractivity contribution in [1.29, 1.82) is 5.26 Å². The molecule has 11 rings (SSSR count). The Morgan fingerprint density at radius 3 is 1.15 bits per heavy atom. The van der Waals surface area contributed by atoms with Crippen LogP contribution in [-0.4, -0.2) is 24.1 Å². The Morgan fingerprint density at radius 2 is 0.742 bits per heavy atom. The van der Waals surface area contributed by atoms with Gasteiger partial charge in [0.05, 0.1) is 45.1 Å². The zero-order valence-corrected chi connectivity index (χ0v) is 34.8. The second-order valence-corrected chi connectivity index (χ2v) is 16.4. The van der Waals surface area contributed by atoms with Crippen molar-refractivity contribution in [1.82, 2.24) is 24.1 Å². The van der Waals surface area contributed by atoms with Crippen LogP contribution in [0.5, 0.6) is 0 Å². The summed E-state index contributed by atoms with van der Waals surface area (Å²) in [6.45, 7) is 8.58. The van der Waals surface area contributed by atoms with Crippen LogP contribution < -0.4 is 0 Å². The van der Waals surface area contributed by atoms with Crippen LogP contribution in [0.2, 0.25) is 0 Å². The highest BCUT2D eigenvalue weighted by atomic mass is 15.0. The Kier molecular flexibility index (Phi) is 8.66. The second kappa shape index (κ2) is 14.5. The fraction of sp³-hybridized carbons (Fsp3) is 0.0714. The predicted molar refractivity (Wildman–Crippen MR) is 254 cm³/mol. The molecule has 0 saturated carbocycles. The van der Waals surface area contributed by atoms with E-state index in [9.17, 15) is 5.26 Å². The van der Waals surface area contributed by atoms with Crippen molar-refractivity contribution in [2.45, 2.75) is 27.7 Å². The summed E-state index contributed by atoms with van der Waals surface area (Å²) in [7, 11) is 0. The highest BCUT2D eigenvalue weighted by molar-refractivity contribution is 6.12. The first kappa shape index (κ1) is 36.9. The number of hydrogen-bond acceptors (Lipinski definition) is 4. The lowest BCUT2D eigenvalue weighted by molar-refractivity contribution is 1.07. The van der Waals surface area contributed by atoms with Crippen LogP contribution in [0.4, 0.5) is 0 Å². The van der Waals surface area contributed by atoms with E-state index >= 15 is 0 Å². The summed E-state index contributed by atoms with van der Waals surface area (Å²) >= 11 is 0. The van der Waals surface area contributed by atoms with Gasteiger partial charge in [0, 0.05) is 49.4 Å². The highest BCUT2D eigenvalue weighted by Crippen LogP contribution is 2.43. The van der Waals surface area contributed by atoms with Gasteiger partial charge in [0.2, 0.25) is 0 Å². The minimum Gasteiger partial charge on any atom is -0.309 e. The number of aryl methyl sites for hydroxylation is 4. The third-order valence-corrected chi connectivity index (χ3v) is 12.0. The fourth-order valence-corrected chi connectivity index (χ4v) is 9.06. The number of aromatic nitrogens is 5. The second-order valence-electron chi connectivity index (χ2n) is 16.4. The Balaban J connectivity index is 1.24. The molecule has 3 heterocycles. The van der Waals surface area contributed by atoms with E-state index < -0.39 is 0 Å². The van der Waals surface area contributed by atoms with Crippen LogP contribution in [0.1, 0.15) is 27.8 Å². The first-order chi connectivity index (χ1) is 30.3. The van der Waals surface area contributed by atoms with Gasteiger partial charge in [-0.3, -0.25) is 0 Å². The molecule has 0 aliphatic heterocycles. The lowest BCUT2D eigenvalue weighted by Gasteiger charge is -2.20. The van der Waals surface area contributed by atoms with Gasteiger partial charge in [0.1, 0.15) is 0 Å². The molecule has 294 valence electrons. The third kappa shape index (κ3) is 6.14. The molecule has 0 N–H and O–H groups in total. The van der Waals surface area contributed by atoms with Gasteiger partial charge >= 0.3 is 0 Å². The number of nitrogens with zero attached hydrogens (tertiary/aromatic N) is 6. The molecule has 0 radical (unpaired) electrons. The number of fused-ring (bicyclic) bond motifs is 6. The zero-order chi connectivity index (χ0) is 42.1. The van der Waals surface area contributed by atoms with E-state index in [-0.39, 0.29) is 0 Å². The first-order valence-corrected chi connectivity index (χ1v) is 20.9. The molecule has 0 fully saturated rings. The molecule has 6 heteroatoms. The van der Waals surface area contributed by atoms with E-state index in [0.717, 1.165) is 61.3 Å². The molecule has 8 aromatic carbocycles. The largest absolute Gasteiger partial charge is 0.309 e. The molecule has 0 aliphatic carbocycles. The van der Waals surface area contributed by atoms with E-state index in [2.05, 4.69) is 140 Å². The lowest BCUT2D eigenvalue weighted by Crippen LogP contribution is -2.04. The van der Waals surface area contributed by atoms with E-state index in [1.165, 1.54) is 43.8 Å². The van der Waals surface area contributed by atoms with Crippen molar-refractivity contribution < 1.29 is 0 Å². The number of rotatable bonds is 6. The Morgan fingerprint density at radius 1 is 0.371 bits per heavy atom. The maximum Gasteiger partial charge on any atom is 0.164 e. The average molecular weight is 797 g/mol. The van der Waals surface area contributed by atoms with E-state index in [4.69, 9.17) is 15.0 Å². The molecule has 3 aromatic heterocycles. The van der Waals surface area contributed by atoms with Crippen LogP contribution in [-0.2, 0) is 0 Å². The SMILES string of the molecule is Cc1ccc2c(c1)c1cc(C)ccc1n2-c1cc(C#N)ccc1-c1ccc(-c2nc(-c3ccccc3)nc(-c3ccccc3)n2)cc1-n1c2ccc(C)cc2c2cc(C)ccc21. The van der Waals surface area contributed by atoms with Gasteiger partial charge in [-0.15, -0.1) is 0 Å². The van der Waals surface area contributed by atoms with Crippen molar-refractivity contribution in [2.24, 2.45) is 0 Å². The van der Waals surface area contributed by atoms with Crippen molar-refractivity contribution in [2.75, 3.05) is 0 Å². The lowest BCUT2D eigenvalue weighted by atomic mass is 9.97. The summed E-state index contributed by atoms with van der Waals surface area (Å²) < 4.78 is 4.72. The normalized spacial score (nSPS) is 11.5. The Labute approximate surface area is 359 Å². The predicted octanol–water partition coefficient (Wildman–Crippen LogP) is 13.8. The summed E-state index contributed by atoms with van der Waals surface area (Å²) in [6.07, 6.45) is 0. The summed E-state index contributed by atoms with van der Waals surface area (Å²) in [4.78, 5) is 15.3. The van der Waals surface area contributed by atoms with Crippen LogP contribution in [0.3, 0.4) is 0 Å². The van der Waals surface area contributed by atoms with Crippen LogP contribution in [0, 0.1) is 39.0 Å². The topological polar surface area (TPSA) is 72.3 Å². The number of benzene rings is 8. The molecule has 0 amide bonds. The fourth-order valence-electron chi connectivity index (χ4n) is 9.06. The smallest absolute Gasteiger partial charge is 0.164 e. The van der Waals surface area contributed by atoms with Gasteiger partial charge in [0.15, 0.2) is 17.5 Å². The van der Waals surface area contributed by atoms with Crippen LogP contribution in [0.15, 0.2) is 170 Å². The van der Waals surface area contributed by atoms with E-state index in [1.54, 1.807) is 0 Å². The summed E-state index contributed by atoms with van der Waals surface area (Å²) in [6, 6.07) is 62.0. The molecule has 0 unspecified atom stereocenters. The van der Waals surface area contributed by atoms with Crippen molar-refractivity contribution >= 4 is 43.6 Å². The molecule has 0 aliphatic rings. The molecule has 0 atom stereocenters. The van der Waals surface area contributed by atoms with Gasteiger partial charge in [-0.05, 0) is 94.4 Å². The van der Waals surface area contributed by atoms with Crippen LogP contribution >= 0.6 is 0 Å². The standard InChI is InChI=1S/C56H40N6/c1-34-15-23-48-44(27-34)45-28-35(2)16-24-49(45)61(48)52-31-38(33-57)19-21-42(52)43-22-20-41(32-53(43)62-50-25-17-36(3)29-46(50)47-30-37(4)18-26-51(47)62)56-59-54(39-11-7-5-8-12-39)58-55(60-56)40-13-9-6-10-14-40/h5-32H,1-4H3. The highest BCUT2D eigenvalue weighted by Gasteiger charge is 2.23. The van der Waals surface area contributed by atoms with Crippen molar-refractivity contribution in [3.8, 4) is 62.7 Å². The molecule has 62 heavy (non-hydrogen) atoms. The number of hydrogen-bond donors (Lipinski definition) is 0. The molecule has 0 saturated heterocycles. The molecule has 0 spiro atoms. The molecule has 11 aromatic rings. The van der Waals surface area contributed by atoms with Crippen LogP contribution in [0.25, 0.3) is 100 Å². The monoisotopic (exact) mass is 796 g/mol. The minimum absolute atomic E-state index is 0.575. The maximum absolute atomic E-state index is 10.4.